The van der Waals surface area contributed by atoms with Gasteiger partial charge in [0.1, 0.15) is 0 Å². The summed E-state index contributed by atoms with van der Waals surface area (Å²) < 4.78 is 2.05. The molecule has 0 radical (unpaired) electrons. The van der Waals surface area contributed by atoms with Gasteiger partial charge >= 0.3 is 0 Å². The van der Waals surface area contributed by atoms with E-state index in [1.165, 1.54) is 31.5 Å². The van der Waals surface area contributed by atoms with Gasteiger partial charge in [0.2, 0.25) is 0 Å². The van der Waals surface area contributed by atoms with E-state index in [0.717, 1.165) is 23.2 Å². The van der Waals surface area contributed by atoms with Crippen molar-refractivity contribution in [3.05, 3.63) is 59.4 Å². The molecule has 0 amide bonds. The Hall–Kier alpha value is -1.65. The third-order valence-electron chi connectivity index (χ3n) is 5.03. The average Bonchev–Trinajstić information content (AvgIpc) is 3.43. The molecule has 3 aromatic rings. The number of nitrogens with one attached hydrogen (secondary N) is 2. The number of benzene rings is 1. The van der Waals surface area contributed by atoms with E-state index in [1.54, 1.807) is 11.3 Å². The number of halogens is 1. The number of guanidine groups is 1. The first-order valence-electron chi connectivity index (χ1n) is 9.48. The van der Waals surface area contributed by atoms with Crippen molar-refractivity contribution in [3.8, 4) is 0 Å². The third-order valence-corrected chi connectivity index (χ3v) is 5.80. The van der Waals surface area contributed by atoms with Gasteiger partial charge in [-0.1, -0.05) is 30.3 Å². The van der Waals surface area contributed by atoms with Crippen molar-refractivity contribution in [1.82, 2.24) is 24.9 Å². The standard InChI is InChI=1S/C20H26N6S.HI/c1-21-19(22-13-17-15-26-11-12-27-20(26)24-17)23-14-18(25-9-5-6-10-25)16-7-3-2-4-8-16;/h2-4,7-8,11-12,15,18H,5-6,9-10,13-14H2,1H3,(H2,21,22,23);1H. The molecule has 0 bridgehead atoms. The summed E-state index contributed by atoms with van der Waals surface area (Å²) in [6.45, 7) is 3.83. The van der Waals surface area contributed by atoms with Crippen molar-refractivity contribution in [2.24, 2.45) is 4.99 Å². The van der Waals surface area contributed by atoms with Crippen molar-refractivity contribution in [2.45, 2.75) is 25.4 Å². The molecular formula is C20H27IN6S. The van der Waals surface area contributed by atoms with Crippen molar-refractivity contribution in [3.63, 3.8) is 0 Å². The molecule has 1 aromatic carbocycles. The van der Waals surface area contributed by atoms with Gasteiger partial charge < -0.3 is 10.6 Å². The molecular weight excluding hydrogens is 483 g/mol. The Bertz CT molecular complexity index is 856. The highest BCUT2D eigenvalue weighted by atomic mass is 127. The number of imidazole rings is 1. The van der Waals surface area contributed by atoms with E-state index in [4.69, 9.17) is 0 Å². The van der Waals surface area contributed by atoms with E-state index in [2.05, 4.69) is 66.4 Å². The van der Waals surface area contributed by atoms with Gasteiger partial charge in [0, 0.05) is 31.4 Å². The van der Waals surface area contributed by atoms with Crippen LogP contribution in [0.5, 0.6) is 0 Å². The van der Waals surface area contributed by atoms with Crippen LogP contribution in [0.1, 0.15) is 30.1 Å². The van der Waals surface area contributed by atoms with Crippen molar-refractivity contribution >= 4 is 46.2 Å². The Morgan fingerprint density at radius 2 is 2.00 bits per heavy atom. The second-order valence-electron chi connectivity index (χ2n) is 6.80. The predicted molar refractivity (Wildman–Crippen MR) is 127 cm³/mol. The quantitative estimate of drug-likeness (QED) is 0.303. The highest BCUT2D eigenvalue weighted by molar-refractivity contribution is 14.0. The predicted octanol–water partition coefficient (Wildman–Crippen LogP) is 3.52. The molecule has 0 saturated carbocycles. The summed E-state index contributed by atoms with van der Waals surface area (Å²) in [4.78, 5) is 12.6. The van der Waals surface area contributed by atoms with Gasteiger partial charge in [0.05, 0.1) is 18.3 Å². The summed E-state index contributed by atoms with van der Waals surface area (Å²) >= 11 is 1.65. The van der Waals surface area contributed by atoms with Crippen LogP contribution in [0.25, 0.3) is 4.96 Å². The fourth-order valence-corrected chi connectivity index (χ4v) is 4.35. The van der Waals surface area contributed by atoms with E-state index in [0.29, 0.717) is 12.6 Å². The smallest absolute Gasteiger partial charge is 0.193 e. The minimum absolute atomic E-state index is 0. The minimum atomic E-state index is 0. The largest absolute Gasteiger partial charge is 0.354 e. The molecule has 150 valence electrons. The second-order valence-corrected chi connectivity index (χ2v) is 7.67. The van der Waals surface area contributed by atoms with E-state index in [-0.39, 0.29) is 24.0 Å². The Balaban J connectivity index is 0.00000225. The number of hydrogen-bond acceptors (Lipinski definition) is 4. The zero-order valence-corrected chi connectivity index (χ0v) is 19.2. The van der Waals surface area contributed by atoms with E-state index >= 15 is 0 Å². The molecule has 1 aliphatic rings. The molecule has 1 atom stereocenters. The molecule has 6 nitrogen and oxygen atoms in total. The monoisotopic (exact) mass is 510 g/mol. The summed E-state index contributed by atoms with van der Waals surface area (Å²) in [5, 5.41) is 8.93. The second kappa shape index (κ2) is 10.2. The highest BCUT2D eigenvalue weighted by Crippen LogP contribution is 2.24. The summed E-state index contributed by atoms with van der Waals surface area (Å²) in [6, 6.07) is 11.1. The van der Waals surface area contributed by atoms with Gasteiger partial charge in [-0.15, -0.1) is 35.3 Å². The first kappa shape index (κ1) is 21.1. The molecule has 1 fully saturated rings. The Morgan fingerprint density at radius 3 is 2.71 bits per heavy atom. The molecule has 8 heteroatoms. The van der Waals surface area contributed by atoms with Gasteiger partial charge in [0.15, 0.2) is 10.9 Å². The Labute approximate surface area is 187 Å². The number of rotatable bonds is 6. The van der Waals surface area contributed by atoms with Crippen LogP contribution in [0.3, 0.4) is 0 Å². The first-order valence-corrected chi connectivity index (χ1v) is 10.4. The maximum atomic E-state index is 4.61. The summed E-state index contributed by atoms with van der Waals surface area (Å²) in [5.41, 5.74) is 2.38. The maximum Gasteiger partial charge on any atom is 0.193 e. The molecule has 1 saturated heterocycles. The van der Waals surface area contributed by atoms with Crippen molar-refractivity contribution in [2.75, 3.05) is 26.7 Å². The number of hydrogen-bond donors (Lipinski definition) is 2. The minimum Gasteiger partial charge on any atom is -0.354 e. The van der Waals surface area contributed by atoms with Crippen molar-refractivity contribution < 1.29 is 0 Å². The number of aromatic nitrogens is 2. The van der Waals surface area contributed by atoms with Gasteiger partial charge in [-0.05, 0) is 31.5 Å². The molecule has 1 unspecified atom stereocenters. The van der Waals surface area contributed by atoms with Gasteiger partial charge in [0.25, 0.3) is 0 Å². The lowest BCUT2D eigenvalue weighted by atomic mass is 10.1. The van der Waals surface area contributed by atoms with Crippen LogP contribution in [-0.4, -0.2) is 46.9 Å². The molecule has 28 heavy (non-hydrogen) atoms. The maximum absolute atomic E-state index is 4.61. The van der Waals surface area contributed by atoms with Gasteiger partial charge in [-0.3, -0.25) is 14.3 Å². The molecule has 2 N–H and O–H groups in total. The number of thiazole rings is 1. The molecule has 0 aliphatic carbocycles. The van der Waals surface area contributed by atoms with Gasteiger partial charge in [-0.2, -0.15) is 0 Å². The average molecular weight is 510 g/mol. The molecule has 2 aromatic heterocycles. The lowest BCUT2D eigenvalue weighted by Gasteiger charge is -2.28. The first-order chi connectivity index (χ1) is 13.3. The molecule has 4 rings (SSSR count). The number of fused-ring (bicyclic) bond motifs is 1. The SMILES string of the molecule is CN=C(NCc1cn2ccsc2n1)NCC(c1ccccc1)N1CCCC1.I. The van der Waals surface area contributed by atoms with Crippen LogP contribution < -0.4 is 10.6 Å². The summed E-state index contributed by atoms with van der Waals surface area (Å²) in [5.74, 6) is 0.812. The zero-order valence-electron chi connectivity index (χ0n) is 16.0. The molecule has 0 spiro atoms. The van der Waals surface area contributed by atoms with E-state index < -0.39 is 0 Å². The highest BCUT2D eigenvalue weighted by Gasteiger charge is 2.23. The lowest BCUT2D eigenvalue weighted by molar-refractivity contribution is 0.245. The number of likely N-dealkylation sites (tertiary alicyclic amines) is 1. The number of nitrogens with zero attached hydrogens (tertiary/aromatic N) is 4. The molecule has 3 heterocycles. The third kappa shape index (κ3) is 5.03. The van der Waals surface area contributed by atoms with Crippen LogP contribution >= 0.6 is 35.3 Å². The Morgan fingerprint density at radius 1 is 1.21 bits per heavy atom. The summed E-state index contributed by atoms with van der Waals surface area (Å²) in [7, 11) is 1.81. The van der Waals surface area contributed by atoms with Crippen LogP contribution in [-0.2, 0) is 6.54 Å². The van der Waals surface area contributed by atoms with Crippen LogP contribution in [0.15, 0.2) is 53.1 Å². The topological polar surface area (TPSA) is 57.0 Å². The lowest BCUT2D eigenvalue weighted by Crippen LogP contribution is -2.42. The molecule has 1 aliphatic heterocycles. The van der Waals surface area contributed by atoms with Crippen LogP contribution in [0.2, 0.25) is 0 Å². The Kier molecular flexibility index (Phi) is 7.69. The number of aliphatic imine (C=N–C) groups is 1. The van der Waals surface area contributed by atoms with E-state index in [1.807, 2.05) is 18.6 Å². The zero-order chi connectivity index (χ0) is 18.5. The van der Waals surface area contributed by atoms with Crippen LogP contribution in [0, 0.1) is 0 Å². The fraction of sp³-hybridized carbons (Fsp3) is 0.400. The normalized spacial score (nSPS) is 16.1. The van der Waals surface area contributed by atoms with E-state index in [9.17, 15) is 0 Å². The van der Waals surface area contributed by atoms with Crippen LogP contribution in [0.4, 0.5) is 0 Å². The van der Waals surface area contributed by atoms with Crippen molar-refractivity contribution in [1.29, 1.82) is 0 Å². The fourth-order valence-electron chi connectivity index (χ4n) is 3.64. The summed E-state index contributed by atoms with van der Waals surface area (Å²) in [6.07, 6.45) is 6.66. The van der Waals surface area contributed by atoms with Gasteiger partial charge in [-0.25, -0.2) is 4.98 Å².